The first-order valence-electron chi connectivity index (χ1n) is 5.65. The van der Waals surface area contributed by atoms with Crippen LogP contribution in [0.4, 0.5) is 0 Å². The summed E-state index contributed by atoms with van der Waals surface area (Å²) in [5, 5.41) is 3.94. The van der Waals surface area contributed by atoms with Gasteiger partial charge in [-0.2, -0.15) is 0 Å². The molecule has 1 aliphatic rings. The van der Waals surface area contributed by atoms with Gasteiger partial charge in [-0.25, -0.2) is 0 Å². The van der Waals surface area contributed by atoms with E-state index < -0.39 is 0 Å². The molecule has 96 valence electrons. The highest BCUT2D eigenvalue weighted by atomic mass is 35.5. The largest absolute Gasteiger partial charge is 0.456 e. The average molecular weight is 294 g/mol. The summed E-state index contributed by atoms with van der Waals surface area (Å²) in [5.41, 5.74) is 1.73. The summed E-state index contributed by atoms with van der Waals surface area (Å²) in [5.74, 6) is 1.25. The second-order valence-electron chi connectivity index (χ2n) is 4.18. The van der Waals surface area contributed by atoms with Gasteiger partial charge in [0.05, 0.1) is 6.04 Å². The number of carbonyl (C=O) groups is 1. The molecule has 0 aliphatic carbocycles. The van der Waals surface area contributed by atoms with Crippen LogP contribution in [-0.2, 0) is 4.79 Å². The lowest BCUT2D eigenvalue weighted by atomic mass is 9.95. The van der Waals surface area contributed by atoms with Crippen LogP contribution in [0.25, 0.3) is 0 Å². The molecule has 0 aromatic heterocycles. The molecular formula is C14H9Cl2NO2. The Labute approximate surface area is 120 Å². The zero-order valence-corrected chi connectivity index (χ0v) is 11.2. The molecule has 19 heavy (non-hydrogen) atoms. The Kier molecular flexibility index (Phi) is 3.09. The molecule has 0 atom stereocenters. The molecule has 0 saturated carbocycles. The van der Waals surface area contributed by atoms with E-state index in [-0.39, 0.29) is 6.04 Å². The number of fused-ring (bicyclic) bond motifs is 2. The van der Waals surface area contributed by atoms with Crippen LogP contribution in [-0.4, -0.2) is 6.41 Å². The number of rotatable bonds is 2. The molecule has 3 nitrogen and oxygen atoms in total. The summed E-state index contributed by atoms with van der Waals surface area (Å²) in [7, 11) is 0. The quantitative estimate of drug-likeness (QED) is 0.852. The second-order valence-corrected chi connectivity index (χ2v) is 5.06. The Bertz CT molecular complexity index is 606. The van der Waals surface area contributed by atoms with Gasteiger partial charge in [0.2, 0.25) is 6.41 Å². The summed E-state index contributed by atoms with van der Waals surface area (Å²) < 4.78 is 5.79. The first kappa shape index (κ1) is 12.3. The first-order valence-corrected chi connectivity index (χ1v) is 6.41. The highest BCUT2D eigenvalue weighted by Crippen LogP contribution is 2.44. The Morgan fingerprint density at radius 1 is 1.00 bits per heavy atom. The summed E-state index contributed by atoms with van der Waals surface area (Å²) in [6.45, 7) is 0. The molecule has 1 aliphatic heterocycles. The molecule has 0 bridgehead atoms. The van der Waals surface area contributed by atoms with Gasteiger partial charge in [-0.3, -0.25) is 4.79 Å². The highest BCUT2D eigenvalue weighted by molar-refractivity contribution is 6.31. The third-order valence-electron chi connectivity index (χ3n) is 3.03. The van der Waals surface area contributed by atoms with E-state index in [9.17, 15) is 4.79 Å². The van der Waals surface area contributed by atoms with E-state index in [0.29, 0.717) is 28.0 Å². The molecule has 1 heterocycles. The van der Waals surface area contributed by atoms with Gasteiger partial charge >= 0.3 is 0 Å². The average Bonchev–Trinajstić information content (AvgIpc) is 2.37. The fourth-order valence-corrected chi connectivity index (χ4v) is 2.53. The van der Waals surface area contributed by atoms with Crippen molar-refractivity contribution in [1.82, 2.24) is 5.32 Å². The van der Waals surface area contributed by atoms with E-state index in [1.165, 1.54) is 0 Å². The van der Waals surface area contributed by atoms with Gasteiger partial charge in [0.1, 0.15) is 11.5 Å². The van der Waals surface area contributed by atoms with E-state index in [1.54, 1.807) is 24.3 Å². The molecule has 2 aromatic carbocycles. The number of halogens is 2. The van der Waals surface area contributed by atoms with Crippen LogP contribution in [0, 0.1) is 0 Å². The van der Waals surface area contributed by atoms with Gasteiger partial charge in [0.15, 0.2) is 0 Å². The number of amides is 1. The van der Waals surface area contributed by atoms with Crippen molar-refractivity contribution < 1.29 is 9.53 Å². The van der Waals surface area contributed by atoms with Crippen molar-refractivity contribution in [1.29, 1.82) is 0 Å². The van der Waals surface area contributed by atoms with Crippen molar-refractivity contribution in [3.63, 3.8) is 0 Å². The SMILES string of the molecule is O=CNC1c2ccc(Cl)cc2Oc2cc(Cl)ccc21. The fraction of sp³-hybridized carbons (Fsp3) is 0.0714. The summed E-state index contributed by atoms with van der Waals surface area (Å²) >= 11 is 11.9. The maximum absolute atomic E-state index is 10.8. The van der Waals surface area contributed by atoms with E-state index in [0.717, 1.165) is 11.1 Å². The summed E-state index contributed by atoms with van der Waals surface area (Å²) in [6, 6.07) is 10.4. The fourth-order valence-electron chi connectivity index (χ4n) is 2.20. The number of benzene rings is 2. The minimum absolute atomic E-state index is 0.259. The zero-order valence-electron chi connectivity index (χ0n) is 9.69. The van der Waals surface area contributed by atoms with Gasteiger partial charge in [-0.1, -0.05) is 35.3 Å². The zero-order chi connectivity index (χ0) is 13.4. The molecule has 2 aromatic rings. The van der Waals surface area contributed by atoms with Crippen molar-refractivity contribution in [2.75, 3.05) is 0 Å². The molecule has 1 N–H and O–H groups in total. The Morgan fingerprint density at radius 3 is 2.00 bits per heavy atom. The molecule has 0 radical (unpaired) electrons. The predicted octanol–water partition coefficient (Wildman–Crippen LogP) is 3.93. The molecule has 3 rings (SSSR count). The van der Waals surface area contributed by atoms with E-state index in [2.05, 4.69) is 5.32 Å². The number of hydrogen-bond donors (Lipinski definition) is 1. The standard InChI is InChI=1S/C14H9Cl2NO2/c15-8-1-3-10-12(5-8)19-13-6-9(16)2-4-11(13)14(10)17-7-18/h1-7,14H,(H,17,18). The van der Waals surface area contributed by atoms with Crippen molar-refractivity contribution in [2.24, 2.45) is 0 Å². The molecule has 5 heteroatoms. The molecule has 0 unspecified atom stereocenters. The van der Waals surface area contributed by atoms with Crippen LogP contribution in [0.2, 0.25) is 10.0 Å². The molecule has 0 fully saturated rings. The lowest BCUT2D eigenvalue weighted by Crippen LogP contribution is -2.24. The lowest BCUT2D eigenvalue weighted by molar-refractivity contribution is -0.110. The monoisotopic (exact) mass is 293 g/mol. The third-order valence-corrected chi connectivity index (χ3v) is 3.50. The van der Waals surface area contributed by atoms with Crippen LogP contribution in [0.15, 0.2) is 36.4 Å². The van der Waals surface area contributed by atoms with Crippen molar-refractivity contribution in [3.05, 3.63) is 57.6 Å². The van der Waals surface area contributed by atoms with Crippen LogP contribution < -0.4 is 10.1 Å². The van der Waals surface area contributed by atoms with Crippen LogP contribution in [0.1, 0.15) is 17.2 Å². The van der Waals surface area contributed by atoms with E-state index in [4.69, 9.17) is 27.9 Å². The lowest BCUT2D eigenvalue weighted by Gasteiger charge is -2.28. The Morgan fingerprint density at radius 2 is 1.53 bits per heavy atom. The van der Waals surface area contributed by atoms with Gasteiger partial charge < -0.3 is 10.1 Å². The van der Waals surface area contributed by atoms with E-state index >= 15 is 0 Å². The number of hydrogen-bond acceptors (Lipinski definition) is 2. The van der Waals surface area contributed by atoms with Crippen LogP contribution >= 0.6 is 23.2 Å². The van der Waals surface area contributed by atoms with Crippen molar-refractivity contribution in [3.8, 4) is 11.5 Å². The number of nitrogens with one attached hydrogen (secondary N) is 1. The Hall–Kier alpha value is -1.71. The normalized spacial score (nSPS) is 13.2. The van der Waals surface area contributed by atoms with Gasteiger partial charge in [-0.15, -0.1) is 0 Å². The molecule has 1 amide bonds. The first-order chi connectivity index (χ1) is 9.19. The van der Waals surface area contributed by atoms with Crippen LogP contribution in [0.5, 0.6) is 11.5 Å². The van der Waals surface area contributed by atoms with E-state index in [1.807, 2.05) is 12.1 Å². The molecule has 0 spiro atoms. The minimum atomic E-state index is -0.259. The smallest absolute Gasteiger partial charge is 0.207 e. The highest BCUT2D eigenvalue weighted by Gasteiger charge is 2.27. The number of carbonyl (C=O) groups excluding carboxylic acids is 1. The van der Waals surface area contributed by atoms with Gasteiger partial charge in [0.25, 0.3) is 0 Å². The molecular weight excluding hydrogens is 285 g/mol. The van der Waals surface area contributed by atoms with Crippen molar-refractivity contribution in [2.45, 2.75) is 6.04 Å². The van der Waals surface area contributed by atoms with Crippen LogP contribution in [0.3, 0.4) is 0 Å². The number of ether oxygens (including phenoxy) is 1. The molecule has 0 saturated heterocycles. The maximum Gasteiger partial charge on any atom is 0.207 e. The van der Waals surface area contributed by atoms with Gasteiger partial charge in [-0.05, 0) is 24.3 Å². The summed E-state index contributed by atoms with van der Waals surface area (Å²) in [4.78, 5) is 10.8. The summed E-state index contributed by atoms with van der Waals surface area (Å²) in [6.07, 6.45) is 0.673. The minimum Gasteiger partial charge on any atom is -0.456 e. The topological polar surface area (TPSA) is 38.3 Å². The third kappa shape index (κ3) is 2.15. The van der Waals surface area contributed by atoms with Gasteiger partial charge in [0, 0.05) is 21.2 Å². The second kappa shape index (κ2) is 4.76. The Balaban J connectivity index is 2.17. The predicted molar refractivity (Wildman–Crippen MR) is 74.0 cm³/mol. The van der Waals surface area contributed by atoms with Crippen molar-refractivity contribution >= 4 is 29.6 Å². The maximum atomic E-state index is 10.8.